The zero-order chi connectivity index (χ0) is 16.4. The topological polar surface area (TPSA) is 3.24 Å². The van der Waals surface area contributed by atoms with Crippen LogP contribution < -0.4 is 0 Å². The molecule has 1 nitrogen and oxygen atoms in total. The van der Waals surface area contributed by atoms with Crippen LogP contribution in [0.4, 0.5) is 0 Å². The van der Waals surface area contributed by atoms with Crippen LogP contribution in [0.5, 0.6) is 0 Å². The second kappa shape index (κ2) is 6.80. The average molecular weight is 326 g/mol. The molecule has 2 heteroatoms. The number of hydrogen-bond acceptors (Lipinski definition) is 1. The van der Waals surface area contributed by atoms with Gasteiger partial charge in [0.1, 0.15) is 0 Å². The van der Waals surface area contributed by atoms with Gasteiger partial charge >= 0.3 is 0 Å². The van der Waals surface area contributed by atoms with Crippen molar-refractivity contribution in [2.24, 2.45) is 0 Å². The van der Waals surface area contributed by atoms with Crippen LogP contribution in [0.15, 0.2) is 54.7 Å². The van der Waals surface area contributed by atoms with Crippen molar-refractivity contribution in [3.63, 3.8) is 0 Å². The standard InChI is InChI=1S/C21H24ClN/c1-4-23(15(2)3)17-12-13-18-16(14-17)8-7-10-19(18)20-9-5-6-11-21(20)22/h5-11,17H,2,4,12-14H2,1,3H3/t17-/m0/s1. The van der Waals surface area contributed by atoms with Crippen LogP contribution in [0, 0.1) is 0 Å². The quantitative estimate of drug-likeness (QED) is 0.695. The lowest BCUT2D eigenvalue weighted by Gasteiger charge is -2.37. The van der Waals surface area contributed by atoms with Gasteiger partial charge in [-0.15, -0.1) is 0 Å². The van der Waals surface area contributed by atoms with Crippen LogP contribution in [-0.2, 0) is 12.8 Å². The first-order chi connectivity index (χ1) is 11.1. The molecule has 0 saturated carbocycles. The summed E-state index contributed by atoms with van der Waals surface area (Å²) in [4.78, 5) is 2.44. The maximum atomic E-state index is 6.42. The van der Waals surface area contributed by atoms with Crippen molar-refractivity contribution in [1.82, 2.24) is 4.90 Å². The van der Waals surface area contributed by atoms with Crippen molar-refractivity contribution >= 4 is 11.6 Å². The molecule has 120 valence electrons. The summed E-state index contributed by atoms with van der Waals surface area (Å²) < 4.78 is 0. The van der Waals surface area contributed by atoms with Gasteiger partial charge in [-0.2, -0.15) is 0 Å². The zero-order valence-electron chi connectivity index (χ0n) is 14.0. The SMILES string of the molecule is C=C(C)N(CC)[C@H]1CCc2c(cccc2-c2ccccc2Cl)C1. The largest absolute Gasteiger partial charge is 0.372 e. The number of fused-ring (bicyclic) bond motifs is 1. The molecule has 0 N–H and O–H groups in total. The summed E-state index contributed by atoms with van der Waals surface area (Å²) in [6.07, 6.45) is 3.37. The Kier molecular flexibility index (Phi) is 4.77. The second-order valence-electron chi connectivity index (χ2n) is 6.34. The number of hydrogen-bond donors (Lipinski definition) is 0. The lowest BCUT2D eigenvalue weighted by molar-refractivity contribution is 0.243. The zero-order valence-corrected chi connectivity index (χ0v) is 14.7. The minimum Gasteiger partial charge on any atom is -0.372 e. The van der Waals surface area contributed by atoms with Gasteiger partial charge in [-0.25, -0.2) is 0 Å². The van der Waals surface area contributed by atoms with E-state index in [2.05, 4.69) is 55.7 Å². The Hall–Kier alpha value is -1.73. The molecule has 1 atom stereocenters. The Balaban J connectivity index is 1.96. The highest BCUT2D eigenvalue weighted by Gasteiger charge is 2.25. The molecule has 0 amide bonds. The van der Waals surface area contributed by atoms with E-state index in [1.165, 1.54) is 28.8 Å². The van der Waals surface area contributed by atoms with Crippen LogP contribution in [0.25, 0.3) is 11.1 Å². The van der Waals surface area contributed by atoms with E-state index < -0.39 is 0 Å². The van der Waals surface area contributed by atoms with Crippen LogP contribution >= 0.6 is 11.6 Å². The Labute approximate surface area is 144 Å². The molecule has 0 fully saturated rings. The molecule has 0 saturated heterocycles. The maximum absolute atomic E-state index is 6.42. The van der Waals surface area contributed by atoms with Crippen molar-refractivity contribution in [2.45, 2.75) is 39.2 Å². The predicted octanol–water partition coefficient (Wildman–Crippen LogP) is 5.72. The molecule has 2 aromatic rings. The van der Waals surface area contributed by atoms with Crippen molar-refractivity contribution < 1.29 is 0 Å². The third-order valence-electron chi connectivity index (χ3n) is 4.89. The molecule has 0 spiro atoms. The van der Waals surface area contributed by atoms with Crippen molar-refractivity contribution in [3.05, 3.63) is 70.9 Å². The van der Waals surface area contributed by atoms with Gasteiger partial charge in [-0.3, -0.25) is 0 Å². The van der Waals surface area contributed by atoms with Crippen molar-refractivity contribution in [2.75, 3.05) is 6.54 Å². The van der Waals surface area contributed by atoms with E-state index in [0.717, 1.165) is 30.0 Å². The van der Waals surface area contributed by atoms with Crippen molar-refractivity contribution in [3.8, 4) is 11.1 Å². The third-order valence-corrected chi connectivity index (χ3v) is 5.22. The molecule has 0 bridgehead atoms. The van der Waals surface area contributed by atoms with E-state index in [0.29, 0.717) is 6.04 Å². The van der Waals surface area contributed by atoms with Gasteiger partial charge < -0.3 is 4.90 Å². The molecule has 0 aliphatic heterocycles. The average Bonchev–Trinajstić information content (AvgIpc) is 2.55. The Bertz CT molecular complexity index is 720. The van der Waals surface area contributed by atoms with Crippen LogP contribution in [0.1, 0.15) is 31.4 Å². The molecule has 0 radical (unpaired) electrons. The summed E-state index contributed by atoms with van der Waals surface area (Å²) in [6, 6.07) is 15.3. The van der Waals surface area contributed by atoms with E-state index in [-0.39, 0.29) is 0 Å². The lowest BCUT2D eigenvalue weighted by Crippen LogP contribution is -2.37. The van der Waals surface area contributed by atoms with E-state index in [1.54, 1.807) is 0 Å². The second-order valence-corrected chi connectivity index (χ2v) is 6.75. The van der Waals surface area contributed by atoms with E-state index in [1.807, 2.05) is 12.1 Å². The van der Waals surface area contributed by atoms with E-state index in [4.69, 9.17) is 11.6 Å². The third kappa shape index (κ3) is 3.16. The Morgan fingerprint density at radius 2 is 1.91 bits per heavy atom. The van der Waals surface area contributed by atoms with Crippen LogP contribution in [-0.4, -0.2) is 17.5 Å². The number of rotatable bonds is 4. The summed E-state index contributed by atoms with van der Waals surface area (Å²) in [7, 11) is 0. The minimum absolute atomic E-state index is 0.562. The number of allylic oxidation sites excluding steroid dienone is 1. The number of benzene rings is 2. The lowest BCUT2D eigenvalue weighted by atomic mass is 9.83. The summed E-state index contributed by atoms with van der Waals surface area (Å²) >= 11 is 6.42. The highest BCUT2D eigenvalue weighted by Crippen LogP contribution is 2.36. The van der Waals surface area contributed by atoms with Gasteiger partial charge in [-0.1, -0.05) is 54.6 Å². The highest BCUT2D eigenvalue weighted by atomic mass is 35.5. The van der Waals surface area contributed by atoms with Gasteiger partial charge in [0.15, 0.2) is 0 Å². The molecule has 3 rings (SSSR count). The van der Waals surface area contributed by atoms with E-state index in [9.17, 15) is 0 Å². The summed E-state index contributed by atoms with van der Waals surface area (Å²) in [5.41, 5.74) is 6.54. The minimum atomic E-state index is 0.562. The normalized spacial score (nSPS) is 16.7. The predicted molar refractivity (Wildman–Crippen MR) is 99.9 cm³/mol. The first kappa shape index (κ1) is 16.1. The van der Waals surface area contributed by atoms with Crippen molar-refractivity contribution in [1.29, 1.82) is 0 Å². The fraction of sp³-hybridized carbons (Fsp3) is 0.333. The van der Waals surface area contributed by atoms with Gasteiger partial charge in [0.05, 0.1) is 0 Å². The summed E-state index contributed by atoms with van der Waals surface area (Å²) in [5, 5.41) is 0.833. The fourth-order valence-electron chi connectivity index (χ4n) is 3.83. The van der Waals surface area contributed by atoms with Gasteiger partial charge in [0, 0.05) is 28.9 Å². The molecule has 0 heterocycles. The highest BCUT2D eigenvalue weighted by molar-refractivity contribution is 6.33. The molecule has 1 aliphatic rings. The number of halogens is 1. The summed E-state index contributed by atoms with van der Waals surface area (Å²) in [6.45, 7) is 9.49. The van der Waals surface area contributed by atoms with Crippen LogP contribution in [0.3, 0.4) is 0 Å². The number of likely N-dealkylation sites (N-methyl/N-ethyl adjacent to an activating group) is 1. The molecular weight excluding hydrogens is 302 g/mol. The number of nitrogens with zero attached hydrogens (tertiary/aromatic N) is 1. The van der Waals surface area contributed by atoms with Crippen LogP contribution in [0.2, 0.25) is 5.02 Å². The first-order valence-corrected chi connectivity index (χ1v) is 8.77. The molecule has 2 aromatic carbocycles. The smallest absolute Gasteiger partial charge is 0.0484 e. The van der Waals surface area contributed by atoms with Gasteiger partial charge in [-0.05, 0) is 55.9 Å². The van der Waals surface area contributed by atoms with Gasteiger partial charge in [0.25, 0.3) is 0 Å². The molecular formula is C21H24ClN. The Morgan fingerprint density at radius 1 is 1.17 bits per heavy atom. The first-order valence-electron chi connectivity index (χ1n) is 8.39. The summed E-state index contributed by atoms with van der Waals surface area (Å²) in [5.74, 6) is 0. The fourth-order valence-corrected chi connectivity index (χ4v) is 4.06. The molecule has 0 aromatic heterocycles. The molecule has 0 unspecified atom stereocenters. The monoisotopic (exact) mass is 325 g/mol. The molecule has 23 heavy (non-hydrogen) atoms. The van der Waals surface area contributed by atoms with E-state index >= 15 is 0 Å². The molecule has 1 aliphatic carbocycles. The Morgan fingerprint density at radius 3 is 2.61 bits per heavy atom. The van der Waals surface area contributed by atoms with Gasteiger partial charge in [0.2, 0.25) is 0 Å². The maximum Gasteiger partial charge on any atom is 0.0484 e.